The van der Waals surface area contributed by atoms with E-state index in [0.717, 1.165) is 44.1 Å². The maximum Gasteiger partial charge on any atom is 0.276 e. The minimum absolute atomic E-state index is 0.214. The summed E-state index contributed by atoms with van der Waals surface area (Å²) in [5.41, 5.74) is 2.78. The second-order valence-corrected chi connectivity index (χ2v) is 7.39. The van der Waals surface area contributed by atoms with E-state index in [2.05, 4.69) is 20.6 Å². The summed E-state index contributed by atoms with van der Waals surface area (Å²) in [5, 5.41) is 10.1. The molecular weight excluding hydrogens is 394 g/mol. The average molecular weight is 419 g/mol. The van der Waals surface area contributed by atoms with Crippen LogP contribution in [0.5, 0.6) is 0 Å². The Hall–Kier alpha value is -3.49. The van der Waals surface area contributed by atoms with Crippen molar-refractivity contribution in [3.8, 4) is 5.69 Å². The van der Waals surface area contributed by atoms with Gasteiger partial charge in [0.1, 0.15) is 5.82 Å². The second kappa shape index (κ2) is 9.55. The molecule has 1 saturated heterocycles. The van der Waals surface area contributed by atoms with Crippen LogP contribution in [0.2, 0.25) is 0 Å². The van der Waals surface area contributed by atoms with Crippen LogP contribution in [0.1, 0.15) is 23.0 Å². The molecule has 0 saturated carbocycles. The lowest BCUT2D eigenvalue weighted by molar-refractivity contribution is -0.114. The molecule has 0 bridgehead atoms. The molecule has 0 atom stereocenters. The van der Waals surface area contributed by atoms with E-state index in [9.17, 15) is 9.59 Å². The Morgan fingerprint density at radius 3 is 2.52 bits per heavy atom. The van der Waals surface area contributed by atoms with E-state index in [-0.39, 0.29) is 17.5 Å². The number of nitrogens with one attached hydrogen (secondary N) is 2. The van der Waals surface area contributed by atoms with Gasteiger partial charge in [-0.15, -0.1) is 0 Å². The number of ether oxygens (including phenoxy) is 1. The highest BCUT2D eigenvalue weighted by Gasteiger charge is 2.17. The van der Waals surface area contributed by atoms with Crippen molar-refractivity contribution >= 4 is 23.3 Å². The normalized spacial score (nSPS) is 14.2. The molecule has 2 heterocycles. The number of morpholine rings is 1. The molecule has 1 aliphatic heterocycles. The van der Waals surface area contributed by atoms with Crippen LogP contribution in [0.4, 0.5) is 11.5 Å². The number of carbonyl (C=O) groups excluding carboxylic acids is 2. The van der Waals surface area contributed by atoms with Crippen molar-refractivity contribution < 1.29 is 14.3 Å². The maximum atomic E-state index is 12.9. The van der Waals surface area contributed by atoms with Crippen molar-refractivity contribution in [2.24, 2.45) is 0 Å². The predicted molar refractivity (Wildman–Crippen MR) is 118 cm³/mol. The summed E-state index contributed by atoms with van der Waals surface area (Å²) in [5.74, 6) is -0.144. The third-order valence-corrected chi connectivity index (χ3v) is 4.94. The quantitative estimate of drug-likeness (QED) is 0.641. The summed E-state index contributed by atoms with van der Waals surface area (Å²) in [4.78, 5) is 26.8. The van der Waals surface area contributed by atoms with Crippen molar-refractivity contribution in [1.29, 1.82) is 0 Å². The lowest BCUT2D eigenvalue weighted by Crippen LogP contribution is -2.35. The summed E-state index contributed by atoms with van der Waals surface area (Å²) >= 11 is 0. The molecule has 0 spiro atoms. The van der Waals surface area contributed by atoms with Gasteiger partial charge < -0.3 is 15.4 Å². The second-order valence-electron chi connectivity index (χ2n) is 7.39. The number of benzene rings is 2. The Balaban J connectivity index is 1.51. The van der Waals surface area contributed by atoms with Gasteiger partial charge in [0.05, 0.1) is 18.9 Å². The van der Waals surface area contributed by atoms with Gasteiger partial charge in [0, 0.05) is 38.3 Å². The maximum absolute atomic E-state index is 12.9. The Morgan fingerprint density at radius 2 is 1.77 bits per heavy atom. The van der Waals surface area contributed by atoms with E-state index in [4.69, 9.17) is 4.74 Å². The number of hydrogen-bond acceptors (Lipinski definition) is 5. The number of para-hydroxylation sites is 1. The first-order valence-corrected chi connectivity index (χ1v) is 10.2. The summed E-state index contributed by atoms with van der Waals surface area (Å²) in [6.07, 6.45) is 0. The largest absolute Gasteiger partial charge is 0.379 e. The van der Waals surface area contributed by atoms with Gasteiger partial charge in [-0.1, -0.05) is 30.3 Å². The molecule has 0 aliphatic carbocycles. The van der Waals surface area contributed by atoms with Gasteiger partial charge in [0.15, 0.2) is 5.69 Å². The molecule has 1 aliphatic rings. The Bertz CT molecular complexity index is 1060. The zero-order chi connectivity index (χ0) is 21.6. The van der Waals surface area contributed by atoms with Crippen LogP contribution in [0.25, 0.3) is 5.69 Å². The molecule has 160 valence electrons. The predicted octanol–water partition coefficient (Wildman–Crippen LogP) is 2.92. The zero-order valence-electron chi connectivity index (χ0n) is 17.4. The van der Waals surface area contributed by atoms with Crippen molar-refractivity contribution in [2.45, 2.75) is 13.5 Å². The van der Waals surface area contributed by atoms with Gasteiger partial charge in [-0.05, 0) is 29.8 Å². The SMILES string of the molecule is CC(=O)Nc1cc(C(=O)Nc2cccc(CN3CCOCC3)c2)nn1-c1ccccc1. The summed E-state index contributed by atoms with van der Waals surface area (Å²) < 4.78 is 6.94. The molecule has 8 nitrogen and oxygen atoms in total. The van der Waals surface area contributed by atoms with Crippen molar-refractivity contribution in [2.75, 3.05) is 36.9 Å². The molecule has 1 fully saturated rings. The summed E-state index contributed by atoms with van der Waals surface area (Å²) in [6, 6.07) is 18.7. The van der Waals surface area contributed by atoms with Crippen LogP contribution in [-0.4, -0.2) is 52.8 Å². The van der Waals surface area contributed by atoms with Gasteiger partial charge in [-0.25, -0.2) is 4.68 Å². The lowest BCUT2D eigenvalue weighted by Gasteiger charge is -2.26. The number of aromatic nitrogens is 2. The van der Waals surface area contributed by atoms with Crippen molar-refractivity contribution in [1.82, 2.24) is 14.7 Å². The smallest absolute Gasteiger partial charge is 0.276 e. The lowest BCUT2D eigenvalue weighted by atomic mass is 10.1. The zero-order valence-corrected chi connectivity index (χ0v) is 17.4. The molecule has 8 heteroatoms. The Labute approximate surface area is 180 Å². The molecule has 2 amide bonds. The monoisotopic (exact) mass is 419 g/mol. The van der Waals surface area contributed by atoms with Crippen molar-refractivity contribution in [3.63, 3.8) is 0 Å². The number of carbonyl (C=O) groups is 2. The standard InChI is InChI=1S/C23H25N5O3/c1-17(29)24-22-15-21(26-28(22)20-8-3-2-4-9-20)23(30)25-19-7-5-6-18(14-19)16-27-10-12-31-13-11-27/h2-9,14-15H,10-13,16H2,1H3,(H,24,29)(H,25,30). The summed E-state index contributed by atoms with van der Waals surface area (Å²) in [7, 11) is 0. The highest BCUT2D eigenvalue weighted by atomic mass is 16.5. The number of rotatable bonds is 6. The van der Waals surface area contributed by atoms with Crippen LogP contribution in [-0.2, 0) is 16.1 Å². The number of hydrogen-bond donors (Lipinski definition) is 2. The molecular formula is C23H25N5O3. The average Bonchev–Trinajstić information content (AvgIpc) is 3.19. The first kappa shape index (κ1) is 20.8. The molecule has 1 aromatic heterocycles. The number of nitrogens with zero attached hydrogens (tertiary/aromatic N) is 3. The fraction of sp³-hybridized carbons (Fsp3) is 0.261. The fourth-order valence-corrected chi connectivity index (χ4v) is 3.49. The first-order chi connectivity index (χ1) is 15.1. The van der Waals surface area contributed by atoms with Crippen LogP contribution in [0.3, 0.4) is 0 Å². The van der Waals surface area contributed by atoms with Crippen LogP contribution >= 0.6 is 0 Å². The van der Waals surface area contributed by atoms with E-state index in [1.165, 1.54) is 6.92 Å². The van der Waals surface area contributed by atoms with E-state index in [1.807, 2.05) is 54.6 Å². The van der Waals surface area contributed by atoms with Crippen LogP contribution in [0, 0.1) is 0 Å². The van der Waals surface area contributed by atoms with E-state index in [1.54, 1.807) is 10.7 Å². The van der Waals surface area contributed by atoms with E-state index >= 15 is 0 Å². The van der Waals surface area contributed by atoms with Gasteiger partial charge in [0.25, 0.3) is 5.91 Å². The van der Waals surface area contributed by atoms with E-state index in [0.29, 0.717) is 11.5 Å². The molecule has 31 heavy (non-hydrogen) atoms. The highest BCUT2D eigenvalue weighted by molar-refractivity contribution is 6.04. The third kappa shape index (κ3) is 5.36. The first-order valence-electron chi connectivity index (χ1n) is 10.2. The van der Waals surface area contributed by atoms with Gasteiger partial charge in [-0.2, -0.15) is 5.10 Å². The minimum atomic E-state index is -0.343. The molecule has 2 aromatic carbocycles. The van der Waals surface area contributed by atoms with Gasteiger partial charge in [-0.3, -0.25) is 14.5 Å². The molecule has 3 aromatic rings. The molecule has 0 radical (unpaired) electrons. The van der Waals surface area contributed by atoms with Crippen LogP contribution < -0.4 is 10.6 Å². The topological polar surface area (TPSA) is 88.5 Å². The van der Waals surface area contributed by atoms with Gasteiger partial charge >= 0.3 is 0 Å². The Morgan fingerprint density at radius 1 is 1.00 bits per heavy atom. The Kier molecular flexibility index (Phi) is 6.40. The van der Waals surface area contributed by atoms with Crippen molar-refractivity contribution in [3.05, 3.63) is 71.9 Å². The van der Waals surface area contributed by atoms with E-state index < -0.39 is 0 Å². The highest BCUT2D eigenvalue weighted by Crippen LogP contribution is 2.19. The molecule has 0 unspecified atom stereocenters. The third-order valence-electron chi connectivity index (χ3n) is 4.94. The minimum Gasteiger partial charge on any atom is -0.379 e. The van der Waals surface area contributed by atoms with Gasteiger partial charge in [0.2, 0.25) is 5.91 Å². The van der Waals surface area contributed by atoms with Crippen LogP contribution in [0.15, 0.2) is 60.7 Å². The number of amides is 2. The number of anilines is 2. The fourth-order valence-electron chi connectivity index (χ4n) is 3.49. The molecule has 4 rings (SSSR count). The summed E-state index contributed by atoms with van der Waals surface area (Å²) in [6.45, 7) is 5.53. The molecule has 2 N–H and O–H groups in total.